The lowest BCUT2D eigenvalue weighted by atomic mass is 10.1. The number of hydrogen-bond acceptors (Lipinski definition) is 14. The van der Waals surface area contributed by atoms with Crippen molar-refractivity contribution in [3.63, 3.8) is 0 Å². The fourth-order valence-corrected chi connectivity index (χ4v) is 6.84. The summed E-state index contributed by atoms with van der Waals surface area (Å²) in [7, 11) is -15.1. The van der Waals surface area contributed by atoms with Gasteiger partial charge < -0.3 is 40.1 Å². The van der Waals surface area contributed by atoms with Crippen molar-refractivity contribution in [2.75, 3.05) is 24.7 Å². The first-order valence-electron chi connectivity index (χ1n) is 11.0. The molecule has 40 heavy (non-hydrogen) atoms. The molecule has 1 aliphatic rings. The van der Waals surface area contributed by atoms with Crippen LogP contribution in [-0.4, -0.2) is 70.9 Å². The Morgan fingerprint density at radius 3 is 2.55 bits per heavy atom. The molecule has 4 rings (SSSR count). The van der Waals surface area contributed by atoms with E-state index in [4.69, 9.17) is 25.0 Å². The van der Waals surface area contributed by atoms with Gasteiger partial charge in [0.1, 0.15) is 17.9 Å². The van der Waals surface area contributed by atoms with Gasteiger partial charge in [-0.25, -0.2) is 33.4 Å². The van der Waals surface area contributed by atoms with Gasteiger partial charge in [0.05, 0.1) is 24.6 Å². The van der Waals surface area contributed by atoms with E-state index in [0.717, 1.165) is 0 Å². The van der Waals surface area contributed by atoms with E-state index < -0.39 is 54.5 Å². The number of phosphoric acid groups is 3. The van der Waals surface area contributed by atoms with E-state index in [1.54, 1.807) is 25.2 Å². The van der Waals surface area contributed by atoms with E-state index >= 15 is 0 Å². The van der Waals surface area contributed by atoms with Crippen LogP contribution in [0.2, 0.25) is 0 Å². The summed E-state index contributed by atoms with van der Waals surface area (Å²) in [4.78, 5) is 61.6. The number of rotatable bonds is 11. The minimum atomic E-state index is -5.71. The molecule has 3 heterocycles. The first-order valence-corrected chi connectivity index (χ1v) is 15.5. The molecule has 1 saturated heterocycles. The van der Waals surface area contributed by atoms with Crippen LogP contribution in [0.5, 0.6) is 0 Å². The Bertz CT molecular complexity index is 1550. The van der Waals surface area contributed by atoms with Crippen LogP contribution >= 0.6 is 23.5 Å². The van der Waals surface area contributed by atoms with Gasteiger partial charge in [-0.2, -0.15) is 8.62 Å². The number of anilines is 2. The van der Waals surface area contributed by atoms with Gasteiger partial charge in [-0.15, -0.1) is 0 Å². The van der Waals surface area contributed by atoms with Crippen LogP contribution in [0.15, 0.2) is 36.9 Å². The van der Waals surface area contributed by atoms with Crippen LogP contribution in [0.4, 0.5) is 11.5 Å². The van der Waals surface area contributed by atoms with E-state index in [9.17, 15) is 28.3 Å². The molecule has 2 unspecified atom stereocenters. The second-order valence-electron chi connectivity index (χ2n) is 8.09. The SMILES string of the molecule is CNc1ccccc1C(=O)O[C@@H]1C[C@@H](COP(=O)(O)OP(=O)(O)OP(=O)(O)O)O[C@H]1n1cnc2c(N)ncnc21. The standard InChI is InChI=1S/C18H23N6O13P3/c1-20-12-5-3-2-4-11(12)18(25)35-13-6-10(7-33-39(29,30)37-40(31,32)36-38(26,27)28)34-17(13)24-9-23-14-15(19)21-8-22-16(14)24/h2-5,8-10,13,17,20H,6-7H2,1H3,(H,29,30)(H,31,32)(H2,19,21,22)(H2,26,27,28)/t10-,13+,17+/m0/s1. The maximum absolute atomic E-state index is 13.0. The molecule has 0 aliphatic carbocycles. The smallest absolute Gasteiger partial charge is 0.454 e. The molecular weight excluding hydrogens is 601 g/mol. The van der Waals surface area contributed by atoms with E-state index in [-0.39, 0.29) is 29.0 Å². The molecule has 0 radical (unpaired) electrons. The molecule has 22 heteroatoms. The van der Waals surface area contributed by atoms with Gasteiger partial charge in [0, 0.05) is 19.2 Å². The number of esters is 1. The molecule has 0 bridgehead atoms. The number of hydrogen-bond donors (Lipinski definition) is 6. The number of nitrogens with one attached hydrogen (secondary N) is 1. The highest BCUT2D eigenvalue weighted by atomic mass is 31.3. The predicted molar refractivity (Wildman–Crippen MR) is 133 cm³/mol. The van der Waals surface area contributed by atoms with Crippen LogP contribution in [0.1, 0.15) is 23.0 Å². The molecule has 3 aromatic rings. The summed E-state index contributed by atoms with van der Waals surface area (Å²) < 4.78 is 59.7. The van der Waals surface area contributed by atoms with E-state index in [1.807, 2.05) is 0 Å². The Labute approximate surface area is 224 Å². The van der Waals surface area contributed by atoms with Gasteiger partial charge in [-0.1, -0.05) is 12.1 Å². The lowest BCUT2D eigenvalue weighted by Gasteiger charge is -2.21. The highest BCUT2D eigenvalue weighted by molar-refractivity contribution is 7.66. The number of carbonyl (C=O) groups is 1. The number of nitrogens with zero attached hydrogens (tertiary/aromatic N) is 4. The van der Waals surface area contributed by atoms with Crippen molar-refractivity contribution in [3.8, 4) is 0 Å². The van der Waals surface area contributed by atoms with Crippen molar-refractivity contribution in [3.05, 3.63) is 42.5 Å². The summed E-state index contributed by atoms with van der Waals surface area (Å²) in [6, 6.07) is 6.54. The number of para-hydroxylation sites is 1. The van der Waals surface area contributed by atoms with Gasteiger partial charge in [0.25, 0.3) is 0 Å². The summed E-state index contributed by atoms with van der Waals surface area (Å²) in [5.74, 6) is -0.655. The zero-order chi connectivity index (χ0) is 29.3. The van der Waals surface area contributed by atoms with Crippen LogP contribution in [0.25, 0.3) is 11.2 Å². The Balaban J connectivity index is 1.55. The lowest BCUT2D eigenvalue weighted by molar-refractivity contribution is -0.0556. The average Bonchev–Trinajstić information content (AvgIpc) is 3.45. The van der Waals surface area contributed by atoms with Crippen molar-refractivity contribution in [1.82, 2.24) is 19.5 Å². The number of nitrogen functional groups attached to an aromatic ring is 1. The summed E-state index contributed by atoms with van der Waals surface area (Å²) in [5, 5.41) is 2.88. The summed E-state index contributed by atoms with van der Waals surface area (Å²) in [5.41, 5.74) is 7.00. The first-order chi connectivity index (χ1) is 18.7. The van der Waals surface area contributed by atoms with Gasteiger partial charge in [-0.05, 0) is 12.1 Å². The minimum Gasteiger partial charge on any atom is -0.454 e. The normalized spacial score (nSPS) is 22.5. The van der Waals surface area contributed by atoms with Gasteiger partial charge in [0.2, 0.25) is 0 Å². The third-order valence-electron chi connectivity index (χ3n) is 5.32. The van der Waals surface area contributed by atoms with Gasteiger partial charge in [-0.3, -0.25) is 9.09 Å². The van der Waals surface area contributed by atoms with E-state index in [2.05, 4.69) is 33.4 Å². The molecule has 7 N–H and O–H groups in total. The maximum atomic E-state index is 13.0. The molecule has 218 valence electrons. The van der Waals surface area contributed by atoms with Crippen molar-refractivity contribution in [2.45, 2.75) is 24.9 Å². The lowest BCUT2D eigenvalue weighted by Crippen LogP contribution is -2.26. The Morgan fingerprint density at radius 2 is 1.85 bits per heavy atom. The number of phosphoric ester groups is 1. The maximum Gasteiger partial charge on any atom is 0.490 e. The number of nitrogens with two attached hydrogens (primary N) is 1. The molecule has 1 fully saturated rings. The van der Waals surface area contributed by atoms with Crippen LogP contribution in [-0.2, 0) is 36.3 Å². The number of fused-ring (bicyclic) bond motifs is 1. The number of benzene rings is 1. The fraction of sp³-hybridized carbons (Fsp3) is 0.333. The molecule has 0 amide bonds. The molecule has 0 spiro atoms. The number of aromatic nitrogens is 4. The van der Waals surface area contributed by atoms with Crippen molar-refractivity contribution in [1.29, 1.82) is 0 Å². The van der Waals surface area contributed by atoms with Gasteiger partial charge >= 0.3 is 29.4 Å². The van der Waals surface area contributed by atoms with Crippen molar-refractivity contribution < 1.29 is 60.7 Å². The molecule has 1 aromatic carbocycles. The Morgan fingerprint density at radius 1 is 1.12 bits per heavy atom. The molecule has 19 nitrogen and oxygen atoms in total. The minimum absolute atomic E-state index is 0.0717. The third-order valence-corrected chi connectivity index (χ3v) is 9.12. The van der Waals surface area contributed by atoms with Crippen LogP contribution in [0, 0.1) is 0 Å². The zero-order valence-corrected chi connectivity index (χ0v) is 23.0. The quantitative estimate of drug-likeness (QED) is 0.129. The predicted octanol–water partition coefficient (Wildman–Crippen LogP) is 1.31. The molecule has 2 aromatic heterocycles. The van der Waals surface area contributed by atoms with E-state index in [1.165, 1.54) is 23.3 Å². The average molecular weight is 624 g/mol. The summed E-state index contributed by atoms with van der Waals surface area (Å²) >= 11 is 0. The van der Waals surface area contributed by atoms with Crippen molar-refractivity contribution >= 4 is 52.1 Å². The number of imidazole rings is 1. The first kappa shape index (κ1) is 30.2. The Hall–Kier alpha value is -2.79. The molecular formula is C18H23N6O13P3. The third kappa shape index (κ3) is 7.28. The summed E-state index contributed by atoms with van der Waals surface area (Å²) in [6.45, 7) is -0.759. The molecule has 1 aliphatic heterocycles. The van der Waals surface area contributed by atoms with Crippen molar-refractivity contribution in [2.24, 2.45) is 0 Å². The second-order valence-corrected chi connectivity index (χ2v) is 12.5. The summed E-state index contributed by atoms with van der Waals surface area (Å²) in [6.07, 6.45) is -0.840. The number of carbonyl (C=O) groups excluding carboxylic acids is 1. The topological polar surface area (TPSA) is 277 Å². The van der Waals surface area contributed by atoms with Crippen LogP contribution < -0.4 is 11.1 Å². The van der Waals surface area contributed by atoms with Crippen LogP contribution in [0.3, 0.4) is 0 Å². The monoisotopic (exact) mass is 624 g/mol. The molecule has 0 saturated carbocycles. The Kier molecular flexibility index (Phi) is 8.75. The molecule has 5 atom stereocenters. The second kappa shape index (κ2) is 11.6. The fourth-order valence-electron chi connectivity index (χ4n) is 3.79. The number of ether oxygens (including phenoxy) is 2. The highest BCUT2D eigenvalue weighted by Gasteiger charge is 2.44. The zero-order valence-electron chi connectivity index (χ0n) is 20.3. The highest BCUT2D eigenvalue weighted by Crippen LogP contribution is 2.66. The largest absolute Gasteiger partial charge is 0.490 e. The van der Waals surface area contributed by atoms with E-state index in [0.29, 0.717) is 5.69 Å². The van der Waals surface area contributed by atoms with Gasteiger partial charge in [0.15, 0.2) is 17.7 Å².